The SMILES string of the molecule is O=C(NCc1ccccn1)C1CC(c2ccc3c(c2)CCO3)NN1. The number of hydrogen-bond acceptors (Lipinski definition) is 5. The van der Waals surface area contributed by atoms with Gasteiger partial charge < -0.3 is 10.1 Å². The summed E-state index contributed by atoms with van der Waals surface area (Å²) < 4.78 is 5.54. The third kappa shape index (κ3) is 3.11. The van der Waals surface area contributed by atoms with Crippen LogP contribution in [-0.2, 0) is 17.8 Å². The molecule has 1 saturated heterocycles. The van der Waals surface area contributed by atoms with Gasteiger partial charge in [0.05, 0.1) is 18.8 Å². The lowest BCUT2D eigenvalue weighted by Gasteiger charge is -2.11. The first-order chi connectivity index (χ1) is 11.8. The summed E-state index contributed by atoms with van der Waals surface area (Å²) in [5, 5.41) is 2.93. The predicted octanol–water partition coefficient (Wildman–Crippen LogP) is 1.24. The summed E-state index contributed by atoms with van der Waals surface area (Å²) in [7, 11) is 0. The number of carbonyl (C=O) groups excluding carboxylic acids is 1. The van der Waals surface area contributed by atoms with Crippen molar-refractivity contribution >= 4 is 5.91 Å². The van der Waals surface area contributed by atoms with Crippen LogP contribution in [0.1, 0.15) is 29.3 Å². The molecule has 6 heteroatoms. The molecule has 24 heavy (non-hydrogen) atoms. The van der Waals surface area contributed by atoms with Crippen LogP contribution in [-0.4, -0.2) is 23.5 Å². The highest BCUT2D eigenvalue weighted by Gasteiger charge is 2.30. The monoisotopic (exact) mass is 324 g/mol. The lowest BCUT2D eigenvalue weighted by Crippen LogP contribution is -2.42. The normalized spacial score (nSPS) is 22.0. The van der Waals surface area contributed by atoms with Crippen LogP contribution < -0.4 is 20.9 Å². The summed E-state index contributed by atoms with van der Waals surface area (Å²) in [5.74, 6) is 0.967. The van der Waals surface area contributed by atoms with Crippen LogP contribution in [0.15, 0.2) is 42.6 Å². The molecule has 1 fully saturated rings. The number of amides is 1. The van der Waals surface area contributed by atoms with Crippen molar-refractivity contribution in [2.75, 3.05) is 6.61 Å². The highest BCUT2D eigenvalue weighted by atomic mass is 16.5. The standard InChI is InChI=1S/C18H20N4O2/c23-18(20-11-14-3-1-2-7-19-14)16-10-15(21-22-16)12-4-5-17-13(9-12)6-8-24-17/h1-5,7,9,15-16,21-22H,6,8,10-11H2,(H,20,23). The number of aromatic nitrogens is 1. The highest BCUT2D eigenvalue weighted by Crippen LogP contribution is 2.30. The number of ether oxygens (including phenoxy) is 1. The highest BCUT2D eigenvalue weighted by molar-refractivity contribution is 5.82. The van der Waals surface area contributed by atoms with Crippen molar-refractivity contribution < 1.29 is 9.53 Å². The van der Waals surface area contributed by atoms with E-state index >= 15 is 0 Å². The number of rotatable bonds is 4. The minimum absolute atomic E-state index is 0.0138. The van der Waals surface area contributed by atoms with Crippen molar-refractivity contribution in [2.24, 2.45) is 0 Å². The van der Waals surface area contributed by atoms with Gasteiger partial charge >= 0.3 is 0 Å². The Morgan fingerprint density at radius 1 is 1.29 bits per heavy atom. The molecule has 2 unspecified atom stereocenters. The molecule has 4 rings (SSSR count). The fourth-order valence-corrected chi connectivity index (χ4v) is 3.17. The molecular formula is C18H20N4O2. The number of carbonyl (C=O) groups is 1. The molecule has 2 aliphatic heterocycles. The van der Waals surface area contributed by atoms with Crippen molar-refractivity contribution in [3.8, 4) is 5.75 Å². The molecule has 0 spiro atoms. The molecule has 2 aromatic rings. The second-order valence-electron chi connectivity index (χ2n) is 6.13. The van der Waals surface area contributed by atoms with E-state index in [2.05, 4.69) is 33.3 Å². The molecule has 124 valence electrons. The summed E-state index contributed by atoms with van der Waals surface area (Å²) >= 11 is 0. The third-order valence-corrected chi connectivity index (χ3v) is 4.51. The van der Waals surface area contributed by atoms with Gasteiger partial charge in [-0.3, -0.25) is 9.78 Å². The molecule has 0 radical (unpaired) electrons. The maximum atomic E-state index is 12.3. The van der Waals surface area contributed by atoms with E-state index in [1.165, 1.54) is 11.1 Å². The summed E-state index contributed by atoms with van der Waals surface area (Å²) in [6.07, 6.45) is 3.40. The molecule has 2 aliphatic rings. The number of fused-ring (bicyclic) bond motifs is 1. The molecule has 1 amide bonds. The van der Waals surface area contributed by atoms with Crippen LogP contribution in [0.3, 0.4) is 0 Å². The molecule has 6 nitrogen and oxygen atoms in total. The lowest BCUT2D eigenvalue weighted by molar-refractivity contribution is -0.123. The van der Waals surface area contributed by atoms with E-state index in [1.54, 1.807) is 6.20 Å². The number of benzene rings is 1. The first-order valence-corrected chi connectivity index (χ1v) is 8.24. The first-order valence-electron chi connectivity index (χ1n) is 8.24. The van der Waals surface area contributed by atoms with Crippen LogP contribution in [0.25, 0.3) is 0 Å². The van der Waals surface area contributed by atoms with Gasteiger partial charge in [0.1, 0.15) is 11.8 Å². The van der Waals surface area contributed by atoms with Crippen LogP contribution in [0.4, 0.5) is 0 Å². The molecule has 3 heterocycles. The van der Waals surface area contributed by atoms with E-state index in [4.69, 9.17) is 4.74 Å². The zero-order valence-corrected chi connectivity index (χ0v) is 13.3. The molecular weight excluding hydrogens is 304 g/mol. The van der Waals surface area contributed by atoms with Gasteiger partial charge in [0.2, 0.25) is 5.91 Å². The number of pyridine rings is 1. The Bertz CT molecular complexity index is 735. The first kappa shape index (κ1) is 15.1. The van der Waals surface area contributed by atoms with Crippen LogP contribution in [0.5, 0.6) is 5.75 Å². The quantitative estimate of drug-likeness (QED) is 0.789. The van der Waals surface area contributed by atoms with Crippen molar-refractivity contribution in [2.45, 2.75) is 31.5 Å². The van der Waals surface area contributed by atoms with E-state index in [0.717, 1.165) is 24.5 Å². The number of hydrazine groups is 1. The summed E-state index contributed by atoms with van der Waals surface area (Å²) in [6.45, 7) is 1.20. The van der Waals surface area contributed by atoms with Gasteiger partial charge in [0, 0.05) is 18.7 Å². The van der Waals surface area contributed by atoms with Crippen molar-refractivity contribution in [3.05, 3.63) is 59.4 Å². The van der Waals surface area contributed by atoms with Gasteiger partial charge in [0.15, 0.2) is 0 Å². The van der Waals surface area contributed by atoms with E-state index in [-0.39, 0.29) is 18.0 Å². The fourth-order valence-electron chi connectivity index (χ4n) is 3.17. The summed E-state index contributed by atoms with van der Waals surface area (Å²) in [5.41, 5.74) is 9.61. The van der Waals surface area contributed by atoms with Crippen LogP contribution >= 0.6 is 0 Å². The van der Waals surface area contributed by atoms with Crippen LogP contribution in [0, 0.1) is 0 Å². The Morgan fingerprint density at radius 3 is 3.12 bits per heavy atom. The van der Waals surface area contributed by atoms with Gasteiger partial charge in [-0.05, 0) is 35.7 Å². The lowest BCUT2D eigenvalue weighted by atomic mass is 9.99. The second-order valence-corrected chi connectivity index (χ2v) is 6.13. The predicted molar refractivity (Wildman–Crippen MR) is 89.1 cm³/mol. The van der Waals surface area contributed by atoms with Crippen molar-refractivity contribution in [3.63, 3.8) is 0 Å². The van der Waals surface area contributed by atoms with Gasteiger partial charge in [-0.15, -0.1) is 0 Å². The number of nitrogens with zero attached hydrogens (tertiary/aromatic N) is 1. The van der Waals surface area contributed by atoms with Gasteiger partial charge in [0.25, 0.3) is 0 Å². The average Bonchev–Trinajstić information content (AvgIpc) is 3.29. The average molecular weight is 324 g/mol. The molecule has 3 N–H and O–H groups in total. The molecule has 1 aromatic carbocycles. The van der Waals surface area contributed by atoms with Crippen molar-refractivity contribution in [1.29, 1.82) is 0 Å². The van der Waals surface area contributed by atoms with E-state index in [0.29, 0.717) is 13.0 Å². The van der Waals surface area contributed by atoms with Crippen LogP contribution in [0.2, 0.25) is 0 Å². The third-order valence-electron chi connectivity index (χ3n) is 4.51. The molecule has 0 bridgehead atoms. The van der Waals surface area contributed by atoms with E-state index < -0.39 is 0 Å². The summed E-state index contributed by atoms with van der Waals surface area (Å²) in [4.78, 5) is 16.5. The van der Waals surface area contributed by atoms with Crippen molar-refractivity contribution in [1.82, 2.24) is 21.2 Å². The fraction of sp³-hybridized carbons (Fsp3) is 0.333. The Hall–Kier alpha value is -2.44. The Labute approximate surface area is 140 Å². The smallest absolute Gasteiger partial charge is 0.238 e. The maximum absolute atomic E-state index is 12.3. The zero-order chi connectivity index (χ0) is 16.4. The Balaban J connectivity index is 1.35. The molecule has 1 aromatic heterocycles. The Morgan fingerprint density at radius 2 is 2.25 bits per heavy atom. The van der Waals surface area contributed by atoms with Gasteiger partial charge in [-0.25, -0.2) is 10.9 Å². The van der Waals surface area contributed by atoms with E-state index in [1.807, 2.05) is 24.3 Å². The number of nitrogens with one attached hydrogen (secondary N) is 3. The maximum Gasteiger partial charge on any atom is 0.238 e. The summed E-state index contributed by atoms with van der Waals surface area (Å²) in [6, 6.07) is 11.8. The minimum Gasteiger partial charge on any atom is -0.493 e. The second kappa shape index (κ2) is 6.59. The molecule has 0 aliphatic carbocycles. The van der Waals surface area contributed by atoms with E-state index in [9.17, 15) is 4.79 Å². The van der Waals surface area contributed by atoms with Gasteiger partial charge in [-0.1, -0.05) is 18.2 Å². The molecule has 2 atom stereocenters. The zero-order valence-electron chi connectivity index (χ0n) is 13.3. The van der Waals surface area contributed by atoms with Gasteiger partial charge in [-0.2, -0.15) is 0 Å². The largest absolute Gasteiger partial charge is 0.493 e. The molecule has 0 saturated carbocycles. The minimum atomic E-state index is -0.247. The topological polar surface area (TPSA) is 75.3 Å². The Kier molecular flexibility index (Phi) is 4.15. The number of hydrogen-bond donors (Lipinski definition) is 3.